The number of nitrogens with zero attached hydrogens (tertiary/aromatic N) is 2. The molecule has 0 saturated heterocycles. The van der Waals surface area contributed by atoms with Crippen LogP contribution in [0.1, 0.15) is 142 Å². The minimum absolute atomic E-state index is 0.0121. The predicted octanol–water partition coefficient (Wildman–Crippen LogP) is 10.5. The van der Waals surface area contributed by atoms with Crippen LogP contribution in [0, 0.1) is 51.2 Å². The molecule has 0 aromatic heterocycles. The number of hydrogen-bond donors (Lipinski definition) is 2. The van der Waals surface area contributed by atoms with Gasteiger partial charge in [0.25, 0.3) is 0 Å². The van der Waals surface area contributed by atoms with Gasteiger partial charge in [0.15, 0.2) is 0 Å². The van der Waals surface area contributed by atoms with Crippen molar-refractivity contribution in [1.29, 1.82) is 0 Å². The van der Waals surface area contributed by atoms with Crippen LogP contribution in [0.3, 0.4) is 0 Å². The van der Waals surface area contributed by atoms with E-state index in [-0.39, 0.29) is 22.9 Å². The van der Waals surface area contributed by atoms with Crippen molar-refractivity contribution in [2.75, 3.05) is 40.3 Å². The van der Waals surface area contributed by atoms with Crippen molar-refractivity contribution in [3.63, 3.8) is 0 Å². The van der Waals surface area contributed by atoms with Gasteiger partial charge in [0.2, 0.25) is 5.91 Å². The molecule has 5 aliphatic rings. The number of likely N-dealkylation sites (N-methyl/N-ethyl adjacent to an activating group) is 1. The topological polar surface area (TPSA) is 81.1 Å². The number of fused-ring (bicyclic) bond motifs is 7. The zero-order chi connectivity index (χ0) is 39.1. The minimum atomic E-state index is -0.873. The van der Waals surface area contributed by atoms with E-state index in [1.54, 1.807) is 18.2 Å². The third-order valence-electron chi connectivity index (χ3n) is 14.4. The summed E-state index contributed by atoms with van der Waals surface area (Å²) in [6, 6.07) is 7.53. The number of aliphatic hydroxyl groups excluding tert-OH is 1. The molecule has 6 rings (SSSR count). The SMILES string of the molecule is C=CC.CC.CC.CN(C)CCN(CCO)C(=O)C12CCCC1C1CCC3C(C)(CCC4C(C)(C)C(c5ccc(C(=O)O)cc5)=CCC43C)C1CC2. The molecule has 1 amide bonds. The Morgan fingerprint density at radius 3 is 2.04 bits per heavy atom. The van der Waals surface area contributed by atoms with Crippen LogP contribution in [0.2, 0.25) is 0 Å². The summed E-state index contributed by atoms with van der Waals surface area (Å²) in [6.45, 7) is 25.4. The third kappa shape index (κ3) is 7.99. The van der Waals surface area contributed by atoms with E-state index in [2.05, 4.69) is 59.3 Å². The molecular formula is C46H76N2O4. The highest BCUT2D eigenvalue weighted by atomic mass is 16.4. The number of carboxylic acids is 1. The number of carbonyl (C=O) groups excluding carboxylic acids is 1. The molecule has 52 heavy (non-hydrogen) atoms. The van der Waals surface area contributed by atoms with Crippen LogP contribution in [0.15, 0.2) is 43.0 Å². The van der Waals surface area contributed by atoms with Gasteiger partial charge in [-0.15, -0.1) is 6.58 Å². The first-order valence-electron chi connectivity index (χ1n) is 20.9. The zero-order valence-corrected chi connectivity index (χ0v) is 35.1. The number of benzene rings is 1. The molecule has 1 aromatic rings. The maximum atomic E-state index is 14.4. The van der Waals surface area contributed by atoms with Gasteiger partial charge in [-0.2, -0.15) is 0 Å². The normalized spacial score (nSPS) is 33.7. The first-order chi connectivity index (χ1) is 24.7. The van der Waals surface area contributed by atoms with Crippen molar-refractivity contribution in [1.82, 2.24) is 9.80 Å². The molecule has 5 aliphatic carbocycles. The van der Waals surface area contributed by atoms with E-state index in [1.165, 1.54) is 49.7 Å². The average Bonchev–Trinajstić information content (AvgIpc) is 3.57. The molecule has 6 heteroatoms. The van der Waals surface area contributed by atoms with Crippen molar-refractivity contribution >= 4 is 17.4 Å². The van der Waals surface area contributed by atoms with Crippen molar-refractivity contribution < 1.29 is 19.8 Å². The first-order valence-corrected chi connectivity index (χ1v) is 20.9. The van der Waals surface area contributed by atoms with E-state index < -0.39 is 5.97 Å². The summed E-state index contributed by atoms with van der Waals surface area (Å²) in [5.41, 5.74) is 3.21. The van der Waals surface area contributed by atoms with Gasteiger partial charge in [0, 0.05) is 19.6 Å². The Labute approximate surface area is 318 Å². The summed E-state index contributed by atoms with van der Waals surface area (Å²) in [5, 5.41) is 19.3. The average molecular weight is 721 g/mol. The van der Waals surface area contributed by atoms with E-state index in [4.69, 9.17) is 0 Å². The van der Waals surface area contributed by atoms with Crippen LogP contribution in [0.5, 0.6) is 0 Å². The lowest BCUT2D eigenvalue weighted by atomic mass is 9.36. The molecule has 8 atom stereocenters. The number of carboxylic acid groups (broad SMARTS) is 1. The Morgan fingerprint density at radius 1 is 0.827 bits per heavy atom. The Morgan fingerprint density at radius 2 is 1.46 bits per heavy atom. The van der Waals surface area contributed by atoms with Crippen LogP contribution >= 0.6 is 0 Å². The Balaban J connectivity index is 0.000000975. The molecule has 4 fully saturated rings. The van der Waals surface area contributed by atoms with Gasteiger partial charge in [0.05, 0.1) is 17.6 Å². The number of aromatic carboxylic acids is 1. The number of allylic oxidation sites excluding steroid dienone is 3. The number of hydrogen-bond acceptors (Lipinski definition) is 4. The number of carbonyl (C=O) groups is 2. The smallest absolute Gasteiger partial charge is 0.335 e. The van der Waals surface area contributed by atoms with Gasteiger partial charge >= 0.3 is 5.97 Å². The number of rotatable bonds is 8. The Hall–Kier alpha value is -2.44. The van der Waals surface area contributed by atoms with Crippen molar-refractivity contribution in [2.45, 2.75) is 127 Å². The molecule has 0 aliphatic heterocycles. The number of amides is 1. The van der Waals surface area contributed by atoms with E-state index >= 15 is 0 Å². The van der Waals surface area contributed by atoms with Gasteiger partial charge < -0.3 is 20.0 Å². The van der Waals surface area contributed by atoms with Crippen LogP contribution in [0.25, 0.3) is 5.57 Å². The Kier molecular flexibility index (Phi) is 15.4. The highest BCUT2D eigenvalue weighted by Crippen LogP contribution is 2.73. The maximum Gasteiger partial charge on any atom is 0.335 e. The van der Waals surface area contributed by atoms with E-state index in [0.717, 1.165) is 32.2 Å². The lowest BCUT2D eigenvalue weighted by Crippen LogP contribution is -2.62. The Bertz CT molecular complexity index is 1370. The van der Waals surface area contributed by atoms with E-state index in [0.29, 0.717) is 59.6 Å². The molecule has 0 bridgehead atoms. The fourth-order valence-corrected chi connectivity index (χ4v) is 12.5. The zero-order valence-electron chi connectivity index (χ0n) is 35.1. The molecule has 0 heterocycles. The monoisotopic (exact) mass is 721 g/mol. The van der Waals surface area contributed by atoms with Crippen molar-refractivity contribution in [3.05, 3.63) is 54.1 Å². The number of aliphatic hydroxyl groups is 1. The standard InChI is InChI=1S/C39H58N2O4.C3H6.2C2H6/c1-36(2)29(26-9-11-27(12-10-26)34(43)44)15-19-38(4)32(36)17-20-37(3)30-16-21-39(35(45)41(24-25-42)23-22-40(5)6)18-7-8-31(39)28(30)13-14-33(37)38;1-3-2;2*1-2/h9-12,15,28,30-33,42H,7-8,13-14,16-25H2,1-6H3,(H,43,44);3H,1H2,2H3;2*1-2H3. The summed E-state index contributed by atoms with van der Waals surface area (Å²) in [4.78, 5) is 30.0. The summed E-state index contributed by atoms with van der Waals surface area (Å²) in [7, 11) is 4.11. The summed E-state index contributed by atoms with van der Waals surface area (Å²) >= 11 is 0. The second-order valence-corrected chi connectivity index (χ2v) is 17.4. The van der Waals surface area contributed by atoms with Gasteiger partial charge in [0.1, 0.15) is 0 Å². The molecule has 6 nitrogen and oxygen atoms in total. The highest BCUT2D eigenvalue weighted by Gasteiger charge is 2.66. The minimum Gasteiger partial charge on any atom is -0.478 e. The van der Waals surface area contributed by atoms with Crippen LogP contribution < -0.4 is 0 Å². The lowest BCUT2D eigenvalue weighted by Gasteiger charge is -2.68. The molecule has 2 N–H and O–H groups in total. The molecule has 8 unspecified atom stereocenters. The highest BCUT2D eigenvalue weighted by molar-refractivity contribution is 5.88. The quantitative estimate of drug-likeness (QED) is 0.261. The lowest BCUT2D eigenvalue weighted by molar-refractivity contribution is -0.185. The fraction of sp³-hybridized carbons (Fsp3) is 0.739. The van der Waals surface area contributed by atoms with Crippen molar-refractivity contribution in [2.24, 2.45) is 51.2 Å². The molecule has 1 aromatic carbocycles. The van der Waals surface area contributed by atoms with Gasteiger partial charge in [-0.25, -0.2) is 4.79 Å². The van der Waals surface area contributed by atoms with Gasteiger partial charge in [-0.1, -0.05) is 86.1 Å². The summed E-state index contributed by atoms with van der Waals surface area (Å²) in [6.07, 6.45) is 15.9. The maximum absolute atomic E-state index is 14.4. The van der Waals surface area contributed by atoms with Crippen LogP contribution in [0.4, 0.5) is 0 Å². The van der Waals surface area contributed by atoms with Crippen LogP contribution in [-0.2, 0) is 4.79 Å². The van der Waals surface area contributed by atoms with E-state index in [9.17, 15) is 19.8 Å². The third-order valence-corrected chi connectivity index (χ3v) is 14.4. The molecule has 0 spiro atoms. The fourth-order valence-electron chi connectivity index (χ4n) is 12.5. The largest absolute Gasteiger partial charge is 0.478 e. The first kappa shape index (κ1) is 44.0. The van der Waals surface area contributed by atoms with Crippen molar-refractivity contribution in [3.8, 4) is 0 Å². The van der Waals surface area contributed by atoms with E-state index in [1.807, 2.05) is 51.7 Å². The van der Waals surface area contributed by atoms with Gasteiger partial charge in [-0.05, 0) is 148 Å². The van der Waals surface area contributed by atoms with Crippen LogP contribution in [-0.4, -0.2) is 72.2 Å². The molecule has 0 radical (unpaired) electrons. The summed E-state index contributed by atoms with van der Waals surface area (Å²) in [5.74, 6) is 2.52. The summed E-state index contributed by atoms with van der Waals surface area (Å²) < 4.78 is 0. The van der Waals surface area contributed by atoms with Gasteiger partial charge in [-0.3, -0.25) is 4.79 Å². The molecule has 294 valence electrons. The second kappa shape index (κ2) is 18.3. The second-order valence-electron chi connectivity index (χ2n) is 17.4. The predicted molar refractivity (Wildman–Crippen MR) is 218 cm³/mol. The molecule has 4 saturated carbocycles. The molecular weight excluding hydrogens is 645 g/mol.